The maximum Gasteiger partial charge on any atom is 0.248 e. The maximum atomic E-state index is 12.9. The van der Waals surface area contributed by atoms with Crippen LogP contribution in [0.5, 0.6) is 23.0 Å². The van der Waals surface area contributed by atoms with E-state index >= 15 is 0 Å². The summed E-state index contributed by atoms with van der Waals surface area (Å²) in [6, 6.07) is 6.46. The van der Waals surface area contributed by atoms with Crippen LogP contribution >= 0.6 is 0 Å². The molecule has 1 aromatic heterocycles. The van der Waals surface area contributed by atoms with E-state index < -0.39 is 9.84 Å². The van der Waals surface area contributed by atoms with Gasteiger partial charge in [0.15, 0.2) is 21.4 Å². The number of carbonyl (C=O) groups excluding carboxylic acids is 1. The quantitative estimate of drug-likeness (QED) is 0.415. The number of nitrogens with zero attached hydrogens (tertiary/aromatic N) is 2. The van der Waals surface area contributed by atoms with Gasteiger partial charge in [-0.3, -0.25) is 4.79 Å². The second kappa shape index (κ2) is 13.0. The van der Waals surface area contributed by atoms with Crippen LogP contribution in [-0.2, 0) is 20.4 Å². The predicted octanol–water partition coefficient (Wildman–Crippen LogP) is 2.06. The molecule has 37 heavy (non-hydrogen) atoms. The van der Waals surface area contributed by atoms with Crippen LogP contribution in [0.1, 0.15) is 11.3 Å². The van der Waals surface area contributed by atoms with Gasteiger partial charge in [0.1, 0.15) is 17.2 Å². The van der Waals surface area contributed by atoms with Gasteiger partial charge in [-0.2, -0.15) is 0 Å². The second-order valence-electron chi connectivity index (χ2n) is 7.96. The van der Waals surface area contributed by atoms with Crippen LogP contribution in [0.4, 0.5) is 5.82 Å². The van der Waals surface area contributed by atoms with E-state index in [2.05, 4.69) is 15.6 Å². The highest BCUT2D eigenvalue weighted by Gasteiger charge is 2.16. The number of aromatic nitrogens is 1. The second-order valence-corrected chi connectivity index (χ2v) is 9.85. The number of nitrogens with one attached hydrogen (secondary N) is 2. The van der Waals surface area contributed by atoms with Gasteiger partial charge in [0.2, 0.25) is 5.91 Å². The van der Waals surface area contributed by atoms with E-state index in [1.54, 1.807) is 29.2 Å². The number of anilines is 1. The highest BCUT2D eigenvalue weighted by Crippen LogP contribution is 2.35. The molecule has 12 heteroatoms. The predicted molar refractivity (Wildman–Crippen MR) is 141 cm³/mol. The molecule has 0 aliphatic carbocycles. The molecule has 1 aliphatic rings. The average molecular weight is 533 g/mol. The number of ether oxygens (including phenoxy) is 4. The number of amides is 1. The zero-order chi connectivity index (χ0) is 26.8. The van der Waals surface area contributed by atoms with E-state index in [0.29, 0.717) is 53.2 Å². The van der Waals surface area contributed by atoms with E-state index in [0.717, 1.165) is 18.5 Å². The fourth-order valence-corrected chi connectivity index (χ4v) is 4.65. The molecule has 0 bridgehead atoms. The van der Waals surface area contributed by atoms with Crippen LogP contribution < -0.4 is 29.6 Å². The summed E-state index contributed by atoms with van der Waals surface area (Å²) in [7, 11) is 2.22. The zero-order valence-electron chi connectivity index (χ0n) is 21.3. The smallest absolute Gasteiger partial charge is 0.248 e. The summed E-state index contributed by atoms with van der Waals surface area (Å²) in [6.45, 7) is 2.79. The lowest BCUT2D eigenvalue weighted by atomic mass is 10.1. The van der Waals surface area contributed by atoms with Crippen LogP contribution in [0.2, 0.25) is 0 Å². The van der Waals surface area contributed by atoms with Gasteiger partial charge < -0.3 is 34.5 Å². The fraction of sp³-hybridized carbons (Fsp3) is 0.360. The normalized spacial score (nSPS) is 14.1. The van der Waals surface area contributed by atoms with Gasteiger partial charge in [-0.25, -0.2) is 13.4 Å². The summed E-state index contributed by atoms with van der Waals surface area (Å²) >= 11 is 0. The molecule has 1 amide bonds. The van der Waals surface area contributed by atoms with E-state index in [-0.39, 0.29) is 11.7 Å². The van der Waals surface area contributed by atoms with Crippen LogP contribution in [0.15, 0.2) is 41.9 Å². The van der Waals surface area contributed by atoms with Crippen LogP contribution in [0.3, 0.4) is 0 Å². The Kier molecular flexibility index (Phi) is 9.75. The number of methoxy groups -OCH3 is 4. The molecule has 2 aromatic rings. The number of sulfone groups is 1. The van der Waals surface area contributed by atoms with Gasteiger partial charge in [0.05, 0.1) is 45.4 Å². The number of carbonyl (C=O) groups is 1. The van der Waals surface area contributed by atoms with Crippen molar-refractivity contribution in [3.63, 3.8) is 0 Å². The Balaban J connectivity index is 1.76. The third-order valence-corrected chi connectivity index (χ3v) is 6.80. The minimum absolute atomic E-state index is 0.124. The standard InChI is InChI=1S/C25H32N4O7S/c1-33-19-15-22(35-3)20(23(16-19)36-4)8-14-37(31,32)17-18-5-6-21(34-2)25(28-18)27-9-7-24(30)29-12-10-26-11-13-29/h5-9,14-16,26H,10-13,17H2,1-4H3,(H,27,28)/b9-7-,14-8+. The van der Waals surface area contributed by atoms with Gasteiger partial charge in [0, 0.05) is 56.0 Å². The molecule has 1 fully saturated rings. The van der Waals surface area contributed by atoms with E-state index in [1.165, 1.54) is 46.8 Å². The van der Waals surface area contributed by atoms with Crippen LogP contribution in [0, 0.1) is 0 Å². The maximum absolute atomic E-state index is 12.9. The minimum Gasteiger partial charge on any atom is -0.496 e. The van der Waals surface area contributed by atoms with Crippen molar-refractivity contribution in [2.24, 2.45) is 0 Å². The molecule has 2 heterocycles. The zero-order valence-corrected chi connectivity index (χ0v) is 22.1. The van der Waals surface area contributed by atoms with Crippen LogP contribution in [-0.4, -0.2) is 78.8 Å². The number of pyridine rings is 1. The molecular weight excluding hydrogens is 500 g/mol. The highest BCUT2D eigenvalue weighted by molar-refractivity contribution is 7.93. The highest BCUT2D eigenvalue weighted by atomic mass is 32.2. The number of benzene rings is 1. The Morgan fingerprint density at radius 3 is 2.27 bits per heavy atom. The molecular formula is C25H32N4O7S. The molecule has 2 N–H and O–H groups in total. The lowest BCUT2D eigenvalue weighted by Gasteiger charge is -2.26. The van der Waals surface area contributed by atoms with Crippen molar-refractivity contribution in [2.45, 2.75) is 5.75 Å². The molecule has 1 aromatic carbocycles. The average Bonchev–Trinajstić information content (AvgIpc) is 2.91. The van der Waals surface area contributed by atoms with Crippen molar-refractivity contribution in [3.8, 4) is 23.0 Å². The molecule has 200 valence electrons. The van der Waals surface area contributed by atoms with E-state index in [9.17, 15) is 13.2 Å². The first-order chi connectivity index (χ1) is 17.8. The molecule has 0 saturated carbocycles. The van der Waals surface area contributed by atoms with Gasteiger partial charge in [-0.05, 0) is 18.2 Å². The fourth-order valence-electron chi connectivity index (χ4n) is 3.64. The van der Waals surface area contributed by atoms with Gasteiger partial charge in [0.25, 0.3) is 0 Å². The molecule has 1 saturated heterocycles. The Labute approximate surface area is 217 Å². The summed E-state index contributed by atoms with van der Waals surface area (Å²) in [6.07, 6.45) is 4.30. The minimum atomic E-state index is -3.72. The van der Waals surface area contributed by atoms with Crippen molar-refractivity contribution in [1.82, 2.24) is 15.2 Å². The summed E-state index contributed by atoms with van der Waals surface area (Å²) < 4.78 is 47.1. The molecule has 0 spiro atoms. The first kappa shape index (κ1) is 27.8. The molecule has 0 atom stereocenters. The number of hydrogen-bond acceptors (Lipinski definition) is 10. The summed E-state index contributed by atoms with van der Waals surface area (Å²) in [5.74, 6) is 1.54. The van der Waals surface area contributed by atoms with Gasteiger partial charge in [-0.1, -0.05) is 0 Å². The molecule has 11 nitrogen and oxygen atoms in total. The summed E-state index contributed by atoms with van der Waals surface area (Å²) in [5.41, 5.74) is 0.752. The van der Waals surface area contributed by atoms with Crippen molar-refractivity contribution in [2.75, 3.05) is 59.9 Å². The van der Waals surface area contributed by atoms with E-state index in [1.807, 2.05) is 0 Å². The van der Waals surface area contributed by atoms with Crippen molar-refractivity contribution in [1.29, 1.82) is 0 Å². The third kappa shape index (κ3) is 7.61. The monoisotopic (exact) mass is 532 g/mol. The Bertz CT molecular complexity index is 1230. The topological polar surface area (TPSA) is 128 Å². The Hall–Kier alpha value is -3.77. The molecule has 0 radical (unpaired) electrons. The molecule has 0 unspecified atom stereocenters. The van der Waals surface area contributed by atoms with Crippen molar-refractivity contribution in [3.05, 3.63) is 53.2 Å². The van der Waals surface area contributed by atoms with Crippen LogP contribution in [0.25, 0.3) is 6.08 Å². The van der Waals surface area contributed by atoms with E-state index in [4.69, 9.17) is 18.9 Å². The summed E-state index contributed by atoms with van der Waals surface area (Å²) in [4.78, 5) is 18.4. The summed E-state index contributed by atoms with van der Waals surface area (Å²) in [5, 5.41) is 7.20. The lowest BCUT2D eigenvalue weighted by Crippen LogP contribution is -2.45. The first-order valence-electron chi connectivity index (χ1n) is 11.5. The Morgan fingerprint density at radius 2 is 1.68 bits per heavy atom. The number of hydrogen-bond donors (Lipinski definition) is 2. The molecule has 3 rings (SSSR count). The SMILES string of the molecule is COc1cc(OC)c(/C=C/S(=O)(=O)Cc2ccc(OC)c(N/C=C\C(=O)N3CCNCC3)n2)c(OC)c1. The van der Waals surface area contributed by atoms with Gasteiger partial charge >= 0.3 is 0 Å². The number of rotatable bonds is 11. The third-order valence-electron chi connectivity index (χ3n) is 5.55. The van der Waals surface area contributed by atoms with Gasteiger partial charge in [-0.15, -0.1) is 0 Å². The largest absolute Gasteiger partial charge is 0.496 e. The first-order valence-corrected chi connectivity index (χ1v) is 13.2. The number of piperazine rings is 1. The lowest BCUT2D eigenvalue weighted by molar-refractivity contribution is -0.126. The molecule has 1 aliphatic heterocycles. The van der Waals surface area contributed by atoms with Crippen molar-refractivity contribution >= 4 is 27.6 Å². The van der Waals surface area contributed by atoms with Crippen molar-refractivity contribution < 1.29 is 32.2 Å². The Morgan fingerprint density at radius 1 is 1.03 bits per heavy atom.